The van der Waals surface area contributed by atoms with E-state index in [1.807, 2.05) is 25.1 Å². The van der Waals surface area contributed by atoms with E-state index >= 15 is 0 Å². The maximum absolute atomic E-state index is 12.4. The zero-order chi connectivity index (χ0) is 18.1. The molecule has 0 atom stereocenters. The van der Waals surface area contributed by atoms with Gasteiger partial charge >= 0.3 is 5.63 Å². The van der Waals surface area contributed by atoms with Crippen molar-refractivity contribution in [3.05, 3.63) is 46.3 Å². The molecule has 0 spiro atoms. The quantitative estimate of drug-likeness (QED) is 0.555. The van der Waals surface area contributed by atoms with Crippen LogP contribution in [0.3, 0.4) is 0 Å². The molecule has 1 N–H and O–H groups in total. The largest absolute Gasteiger partial charge is 0.422 e. The lowest BCUT2D eigenvalue weighted by molar-refractivity contribution is -0.117. The number of anilines is 1. The number of carbonyl (C=O) groups excluding carboxylic acids is 1. The molecular weight excluding hydrogens is 328 g/mol. The van der Waals surface area contributed by atoms with Crippen molar-refractivity contribution in [1.82, 2.24) is 4.98 Å². The van der Waals surface area contributed by atoms with Gasteiger partial charge in [0.2, 0.25) is 5.91 Å². The first-order valence-corrected chi connectivity index (χ1v) is 9.25. The van der Waals surface area contributed by atoms with Crippen molar-refractivity contribution in [3.63, 3.8) is 0 Å². The van der Waals surface area contributed by atoms with E-state index < -0.39 is 5.63 Å². The van der Waals surface area contributed by atoms with Crippen molar-refractivity contribution < 1.29 is 9.21 Å². The first-order chi connectivity index (χ1) is 12.6. The third kappa shape index (κ3) is 3.21. The highest BCUT2D eigenvalue weighted by atomic mass is 16.4. The third-order valence-electron chi connectivity index (χ3n) is 5.23. The van der Waals surface area contributed by atoms with Gasteiger partial charge in [0, 0.05) is 11.8 Å². The summed E-state index contributed by atoms with van der Waals surface area (Å²) in [6.07, 6.45) is 6.50. The first-order valence-electron chi connectivity index (χ1n) is 9.25. The van der Waals surface area contributed by atoms with Crippen LogP contribution < -0.4 is 10.9 Å². The van der Waals surface area contributed by atoms with Gasteiger partial charge in [-0.05, 0) is 49.4 Å². The van der Waals surface area contributed by atoms with Gasteiger partial charge in [-0.3, -0.25) is 4.79 Å². The van der Waals surface area contributed by atoms with Crippen LogP contribution in [0.5, 0.6) is 0 Å². The van der Waals surface area contributed by atoms with Crippen LogP contribution in [0.15, 0.2) is 39.5 Å². The number of pyridine rings is 1. The van der Waals surface area contributed by atoms with Crippen molar-refractivity contribution in [2.45, 2.75) is 45.4 Å². The van der Waals surface area contributed by atoms with Gasteiger partial charge in [-0.2, -0.15) is 0 Å². The number of hydrogen-bond acceptors (Lipinski definition) is 4. The van der Waals surface area contributed by atoms with Crippen LogP contribution in [0, 0.1) is 12.8 Å². The van der Waals surface area contributed by atoms with Crippen LogP contribution in [0.25, 0.3) is 21.9 Å². The molecule has 0 radical (unpaired) electrons. The standard InChI is InChI=1S/C21H22N2O3/c1-13-11-17(22-18(24)12-14-7-3-2-4-8-14)23-20-15-9-5-6-10-16(15)26-21(25)19(13)20/h5-6,9-11,14H,2-4,7-8,12H2,1H3,(H,22,23,24). The van der Waals surface area contributed by atoms with E-state index in [2.05, 4.69) is 10.3 Å². The molecule has 1 saturated carbocycles. The van der Waals surface area contributed by atoms with Gasteiger partial charge in [0.25, 0.3) is 0 Å². The normalized spacial score (nSPS) is 15.4. The first kappa shape index (κ1) is 16.8. The Bertz CT molecular complexity index is 1030. The van der Waals surface area contributed by atoms with Crippen LogP contribution in [0.4, 0.5) is 5.82 Å². The molecule has 4 rings (SSSR count). The number of benzene rings is 1. The van der Waals surface area contributed by atoms with Gasteiger partial charge in [-0.1, -0.05) is 31.4 Å². The molecule has 1 aromatic carbocycles. The van der Waals surface area contributed by atoms with Crippen LogP contribution >= 0.6 is 0 Å². The second-order valence-corrected chi connectivity index (χ2v) is 7.19. The topological polar surface area (TPSA) is 72.2 Å². The fourth-order valence-corrected chi connectivity index (χ4v) is 3.94. The number of aryl methyl sites for hydroxylation is 1. The maximum atomic E-state index is 12.4. The minimum atomic E-state index is -0.399. The molecule has 2 aromatic heterocycles. The number of nitrogens with one attached hydrogen (secondary N) is 1. The summed E-state index contributed by atoms with van der Waals surface area (Å²) in [7, 11) is 0. The van der Waals surface area contributed by atoms with Crippen molar-refractivity contribution in [1.29, 1.82) is 0 Å². The Morgan fingerprint density at radius 2 is 2.00 bits per heavy atom. The summed E-state index contributed by atoms with van der Waals surface area (Å²) in [6, 6.07) is 9.07. The van der Waals surface area contributed by atoms with Gasteiger partial charge in [-0.25, -0.2) is 9.78 Å². The average molecular weight is 350 g/mol. The van der Waals surface area contributed by atoms with E-state index in [1.165, 1.54) is 19.3 Å². The lowest BCUT2D eigenvalue weighted by Crippen LogP contribution is -2.19. The zero-order valence-corrected chi connectivity index (χ0v) is 14.9. The van der Waals surface area contributed by atoms with Crippen LogP contribution in [0.2, 0.25) is 0 Å². The second-order valence-electron chi connectivity index (χ2n) is 7.19. The summed E-state index contributed by atoms with van der Waals surface area (Å²) < 4.78 is 5.39. The highest BCUT2D eigenvalue weighted by molar-refractivity contribution is 6.04. The third-order valence-corrected chi connectivity index (χ3v) is 5.23. The molecule has 2 heterocycles. The number of aromatic nitrogens is 1. The minimum Gasteiger partial charge on any atom is -0.422 e. The van der Waals surface area contributed by atoms with E-state index in [1.54, 1.807) is 12.1 Å². The van der Waals surface area contributed by atoms with Gasteiger partial charge < -0.3 is 9.73 Å². The number of para-hydroxylation sites is 1. The molecule has 1 aliphatic rings. The molecule has 1 amide bonds. The second kappa shape index (κ2) is 6.90. The van der Waals surface area contributed by atoms with E-state index in [9.17, 15) is 9.59 Å². The smallest absolute Gasteiger partial charge is 0.346 e. The average Bonchev–Trinajstić information content (AvgIpc) is 2.62. The van der Waals surface area contributed by atoms with Crippen molar-refractivity contribution >= 4 is 33.6 Å². The van der Waals surface area contributed by atoms with E-state index in [0.29, 0.717) is 34.6 Å². The maximum Gasteiger partial charge on any atom is 0.346 e. The molecular formula is C21H22N2O3. The highest BCUT2D eigenvalue weighted by Crippen LogP contribution is 2.28. The van der Waals surface area contributed by atoms with Crippen molar-refractivity contribution in [3.8, 4) is 0 Å². The lowest BCUT2D eigenvalue weighted by Gasteiger charge is -2.20. The zero-order valence-electron chi connectivity index (χ0n) is 14.9. The Hall–Kier alpha value is -2.69. The van der Waals surface area contributed by atoms with Crippen LogP contribution in [-0.2, 0) is 4.79 Å². The van der Waals surface area contributed by atoms with E-state index in [4.69, 9.17) is 4.42 Å². The number of rotatable bonds is 3. The molecule has 0 unspecified atom stereocenters. The SMILES string of the molecule is Cc1cc(NC(=O)CC2CCCCC2)nc2c1c(=O)oc1ccccc12. The van der Waals surface area contributed by atoms with Gasteiger partial charge in [0.15, 0.2) is 0 Å². The van der Waals surface area contributed by atoms with Gasteiger partial charge in [0.05, 0.1) is 10.9 Å². The summed E-state index contributed by atoms with van der Waals surface area (Å²) in [6.45, 7) is 1.84. The molecule has 5 heteroatoms. The summed E-state index contributed by atoms with van der Waals surface area (Å²) in [5, 5.41) is 4.16. The van der Waals surface area contributed by atoms with E-state index in [-0.39, 0.29) is 5.91 Å². The molecule has 1 fully saturated rings. The lowest BCUT2D eigenvalue weighted by atomic mass is 9.87. The Labute approximate surface area is 151 Å². The van der Waals surface area contributed by atoms with E-state index in [0.717, 1.165) is 23.8 Å². The monoisotopic (exact) mass is 350 g/mol. The van der Waals surface area contributed by atoms with Gasteiger partial charge in [0.1, 0.15) is 11.4 Å². The molecule has 26 heavy (non-hydrogen) atoms. The highest BCUT2D eigenvalue weighted by Gasteiger charge is 2.18. The Morgan fingerprint density at radius 1 is 1.23 bits per heavy atom. The van der Waals surface area contributed by atoms with Crippen LogP contribution in [-0.4, -0.2) is 10.9 Å². The molecule has 0 saturated heterocycles. The fraction of sp³-hybridized carbons (Fsp3) is 0.381. The molecule has 3 aromatic rings. The number of nitrogens with zero attached hydrogens (tertiary/aromatic N) is 1. The number of amides is 1. The molecule has 0 aliphatic heterocycles. The van der Waals surface area contributed by atoms with Crippen LogP contribution in [0.1, 0.15) is 44.1 Å². The number of fused-ring (bicyclic) bond motifs is 3. The number of hydrogen-bond donors (Lipinski definition) is 1. The van der Waals surface area contributed by atoms with Crippen molar-refractivity contribution in [2.75, 3.05) is 5.32 Å². The molecule has 5 nitrogen and oxygen atoms in total. The molecule has 0 bridgehead atoms. The summed E-state index contributed by atoms with van der Waals surface area (Å²) in [5.41, 5.74) is 1.43. The molecule has 1 aliphatic carbocycles. The molecule has 134 valence electrons. The summed E-state index contributed by atoms with van der Waals surface area (Å²) >= 11 is 0. The summed E-state index contributed by atoms with van der Waals surface area (Å²) in [4.78, 5) is 29.3. The number of carbonyl (C=O) groups is 1. The predicted molar refractivity (Wildman–Crippen MR) is 102 cm³/mol. The van der Waals surface area contributed by atoms with Crippen molar-refractivity contribution in [2.24, 2.45) is 5.92 Å². The Kier molecular flexibility index (Phi) is 4.45. The Morgan fingerprint density at radius 3 is 2.81 bits per heavy atom. The Balaban J connectivity index is 1.68. The van der Waals surface area contributed by atoms with Gasteiger partial charge in [-0.15, -0.1) is 0 Å². The minimum absolute atomic E-state index is 0.00424. The fourth-order valence-electron chi connectivity index (χ4n) is 3.94. The summed E-state index contributed by atoms with van der Waals surface area (Å²) in [5.74, 6) is 0.958. The predicted octanol–water partition coefficient (Wildman–Crippen LogP) is 4.56.